The van der Waals surface area contributed by atoms with Crippen LogP contribution in [0.15, 0.2) is 18.2 Å². The first kappa shape index (κ1) is 18.1. The highest BCUT2D eigenvalue weighted by molar-refractivity contribution is 7.15. The summed E-state index contributed by atoms with van der Waals surface area (Å²) in [6.45, 7) is 2.26. The summed E-state index contributed by atoms with van der Waals surface area (Å²) in [6, 6.07) is 5.23. The summed E-state index contributed by atoms with van der Waals surface area (Å²) in [4.78, 5) is 26.5. The molecule has 1 saturated heterocycles. The third-order valence-electron chi connectivity index (χ3n) is 4.17. The number of hydrogen-bond acceptors (Lipinski definition) is 7. The van der Waals surface area contributed by atoms with Gasteiger partial charge < -0.3 is 19.7 Å². The zero-order valence-electron chi connectivity index (χ0n) is 14.8. The maximum atomic E-state index is 12.5. The molecule has 2 aromatic rings. The first-order chi connectivity index (χ1) is 12.5. The molecule has 8 nitrogen and oxygen atoms in total. The Balaban J connectivity index is 1.73. The molecular formula is C17H20N4O4S. The lowest BCUT2D eigenvalue weighted by atomic mass is 10.1. The highest BCUT2D eigenvalue weighted by atomic mass is 32.1. The van der Waals surface area contributed by atoms with Crippen LogP contribution in [0.25, 0.3) is 0 Å². The standard InChI is InChI=1S/C17H20N4O4S/c1-4-14-19-20-17(26-14)18-16(23)10-7-15(22)21(9-10)12-6-5-11(24-2)8-13(12)25-3/h5-6,8,10H,4,7,9H2,1-3H3,(H,18,20,23). The average molecular weight is 376 g/mol. The lowest BCUT2D eigenvalue weighted by Crippen LogP contribution is -2.28. The lowest BCUT2D eigenvalue weighted by molar-refractivity contribution is -0.122. The Morgan fingerprint density at radius 1 is 1.35 bits per heavy atom. The molecular weight excluding hydrogens is 356 g/mol. The smallest absolute Gasteiger partial charge is 0.231 e. The van der Waals surface area contributed by atoms with Crippen LogP contribution in [0.4, 0.5) is 10.8 Å². The molecule has 2 heterocycles. The largest absolute Gasteiger partial charge is 0.497 e. The van der Waals surface area contributed by atoms with Crippen LogP contribution in [0.5, 0.6) is 11.5 Å². The predicted molar refractivity (Wildman–Crippen MR) is 97.9 cm³/mol. The number of nitrogens with one attached hydrogen (secondary N) is 1. The van der Waals surface area contributed by atoms with Crippen LogP contribution >= 0.6 is 11.3 Å². The van der Waals surface area contributed by atoms with E-state index in [1.54, 1.807) is 30.2 Å². The minimum atomic E-state index is -0.455. The molecule has 0 bridgehead atoms. The SMILES string of the molecule is CCc1nnc(NC(=O)C2CC(=O)N(c3ccc(OC)cc3OC)C2)s1. The lowest BCUT2D eigenvalue weighted by Gasteiger charge is -2.20. The summed E-state index contributed by atoms with van der Waals surface area (Å²) in [5.74, 6) is 0.348. The van der Waals surface area contributed by atoms with Crippen molar-refractivity contribution in [2.45, 2.75) is 19.8 Å². The van der Waals surface area contributed by atoms with Crippen LogP contribution in [-0.2, 0) is 16.0 Å². The van der Waals surface area contributed by atoms with Gasteiger partial charge in [-0.3, -0.25) is 9.59 Å². The van der Waals surface area contributed by atoms with Crippen LogP contribution in [0.1, 0.15) is 18.4 Å². The maximum Gasteiger partial charge on any atom is 0.231 e. The normalized spacial score (nSPS) is 16.7. The van der Waals surface area contributed by atoms with Crippen molar-refractivity contribution in [2.75, 3.05) is 31.0 Å². The molecule has 3 rings (SSSR count). The number of nitrogens with zero attached hydrogens (tertiary/aromatic N) is 3. The minimum absolute atomic E-state index is 0.125. The van der Waals surface area contributed by atoms with E-state index in [4.69, 9.17) is 9.47 Å². The van der Waals surface area contributed by atoms with Crippen molar-refractivity contribution < 1.29 is 19.1 Å². The molecule has 0 radical (unpaired) electrons. The van der Waals surface area contributed by atoms with E-state index in [9.17, 15) is 9.59 Å². The Morgan fingerprint density at radius 2 is 2.15 bits per heavy atom. The quantitative estimate of drug-likeness (QED) is 0.830. The average Bonchev–Trinajstić information content (AvgIpc) is 3.27. The van der Waals surface area contributed by atoms with Crippen molar-refractivity contribution in [3.63, 3.8) is 0 Å². The number of carbonyl (C=O) groups is 2. The fourth-order valence-electron chi connectivity index (χ4n) is 2.78. The number of methoxy groups -OCH3 is 2. The van der Waals surface area contributed by atoms with Gasteiger partial charge in [-0.25, -0.2) is 0 Å². The Bertz CT molecular complexity index is 823. The molecule has 2 amide bonds. The third-order valence-corrected chi connectivity index (χ3v) is 5.16. The zero-order valence-corrected chi connectivity index (χ0v) is 15.6. The van der Waals surface area contributed by atoms with Crippen LogP contribution in [0, 0.1) is 5.92 Å². The molecule has 1 aliphatic rings. The molecule has 26 heavy (non-hydrogen) atoms. The molecule has 0 spiro atoms. The van der Waals surface area contributed by atoms with Crippen LogP contribution in [-0.4, -0.2) is 42.8 Å². The van der Waals surface area contributed by atoms with Gasteiger partial charge >= 0.3 is 0 Å². The molecule has 1 atom stereocenters. The second-order valence-electron chi connectivity index (χ2n) is 5.79. The van der Waals surface area contributed by atoms with Gasteiger partial charge in [-0.15, -0.1) is 10.2 Å². The van der Waals surface area contributed by atoms with Gasteiger partial charge in [-0.05, 0) is 18.6 Å². The van der Waals surface area contributed by atoms with Crippen molar-refractivity contribution in [1.29, 1.82) is 0 Å². The summed E-state index contributed by atoms with van der Waals surface area (Å²) in [5.41, 5.74) is 0.623. The first-order valence-corrected chi connectivity index (χ1v) is 9.03. The number of ether oxygens (including phenoxy) is 2. The first-order valence-electron chi connectivity index (χ1n) is 8.21. The number of carbonyl (C=O) groups excluding carboxylic acids is 2. The summed E-state index contributed by atoms with van der Waals surface area (Å²) in [7, 11) is 3.09. The molecule has 1 fully saturated rings. The fraction of sp³-hybridized carbons (Fsp3) is 0.412. The van der Waals surface area contributed by atoms with Gasteiger partial charge in [0, 0.05) is 19.0 Å². The van der Waals surface area contributed by atoms with E-state index >= 15 is 0 Å². The van der Waals surface area contributed by atoms with E-state index < -0.39 is 5.92 Å². The molecule has 1 N–H and O–H groups in total. The molecule has 0 saturated carbocycles. The van der Waals surface area contributed by atoms with Crippen LogP contribution in [0.3, 0.4) is 0 Å². The van der Waals surface area contributed by atoms with Crippen molar-refractivity contribution in [3.8, 4) is 11.5 Å². The predicted octanol–water partition coefficient (Wildman–Crippen LogP) is 2.11. The third kappa shape index (κ3) is 3.62. The summed E-state index contributed by atoms with van der Waals surface area (Å²) < 4.78 is 10.5. The van der Waals surface area contributed by atoms with Crippen molar-refractivity contribution >= 4 is 34.0 Å². The van der Waals surface area contributed by atoms with E-state index in [2.05, 4.69) is 15.5 Å². The molecule has 9 heteroatoms. The molecule has 1 aliphatic heterocycles. The van der Waals surface area contributed by atoms with Crippen LogP contribution < -0.4 is 19.7 Å². The molecule has 1 aromatic heterocycles. The number of amides is 2. The number of rotatable bonds is 6. The van der Waals surface area contributed by atoms with Gasteiger partial charge in [0.2, 0.25) is 16.9 Å². The zero-order chi connectivity index (χ0) is 18.7. The highest BCUT2D eigenvalue weighted by Gasteiger charge is 2.36. The fourth-order valence-corrected chi connectivity index (χ4v) is 3.46. The molecule has 138 valence electrons. The second-order valence-corrected chi connectivity index (χ2v) is 6.85. The van der Waals surface area contributed by atoms with Crippen molar-refractivity contribution in [1.82, 2.24) is 10.2 Å². The Hall–Kier alpha value is -2.68. The van der Waals surface area contributed by atoms with Gasteiger partial charge in [-0.1, -0.05) is 18.3 Å². The number of hydrogen-bond donors (Lipinski definition) is 1. The van der Waals surface area contributed by atoms with Crippen LogP contribution in [0.2, 0.25) is 0 Å². The van der Waals surface area contributed by atoms with Gasteiger partial charge in [0.1, 0.15) is 16.5 Å². The second kappa shape index (κ2) is 7.69. The van der Waals surface area contributed by atoms with Crippen molar-refractivity contribution in [3.05, 3.63) is 23.2 Å². The summed E-state index contributed by atoms with van der Waals surface area (Å²) >= 11 is 1.34. The Labute approximate surface area is 155 Å². The van der Waals surface area contributed by atoms with E-state index in [1.165, 1.54) is 18.4 Å². The molecule has 1 unspecified atom stereocenters. The van der Waals surface area contributed by atoms with E-state index in [1.807, 2.05) is 6.92 Å². The number of anilines is 2. The van der Waals surface area contributed by atoms with E-state index in [0.29, 0.717) is 22.3 Å². The Morgan fingerprint density at radius 3 is 2.81 bits per heavy atom. The number of aromatic nitrogens is 2. The van der Waals surface area contributed by atoms with Gasteiger partial charge in [0.05, 0.1) is 25.8 Å². The summed E-state index contributed by atoms with van der Waals surface area (Å²) in [6.07, 6.45) is 0.904. The van der Waals surface area contributed by atoms with Gasteiger partial charge in [0.15, 0.2) is 0 Å². The van der Waals surface area contributed by atoms with Crippen molar-refractivity contribution in [2.24, 2.45) is 5.92 Å². The number of benzene rings is 1. The summed E-state index contributed by atoms with van der Waals surface area (Å²) in [5, 5.41) is 12.0. The maximum absolute atomic E-state index is 12.5. The molecule has 1 aromatic carbocycles. The topological polar surface area (TPSA) is 93.7 Å². The minimum Gasteiger partial charge on any atom is -0.497 e. The Kier molecular flexibility index (Phi) is 5.36. The number of aryl methyl sites for hydroxylation is 1. The van der Waals surface area contributed by atoms with E-state index in [0.717, 1.165) is 11.4 Å². The monoisotopic (exact) mass is 376 g/mol. The van der Waals surface area contributed by atoms with Gasteiger partial charge in [-0.2, -0.15) is 0 Å². The highest BCUT2D eigenvalue weighted by Crippen LogP contribution is 2.36. The van der Waals surface area contributed by atoms with Gasteiger partial charge in [0.25, 0.3) is 0 Å². The van der Waals surface area contributed by atoms with E-state index in [-0.39, 0.29) is 24.8 Å². The molecule has 0 aliphatic carbocycles.